The van der Waals surface area contributed by atoms with E-state index in [0.717, 1.165) is 0 Å². The first-order valence-electron chi connectivity index (χ1n) is 5.29. The molecular formula is C12H14N2O2. The Bertz CT molecular complexity index is 466. The topological polar surface area (TPSA) is 64.7 Å². The Morgan fingerprint density at radius 3 is 3.00 bits per heavy atom. The van der Waals surface area contributed by atoms with E-state index in [0.29, 0.717) is 29.3 Å². The minimum atomic E-state index is -0.208. The number of benzene rings is 1. The number of aliphatic imine (C=N–C) groups is 1. The van der Waals surface area contributed by atoms with Gasteiger partial charge >= 0.3 is 0 Å². The van der Waals surface area contributed by atoms with Crippen molar-refractivity contribution in [2.75, 3.05) is 0 Å². The van der Waals surface area contributed by atoms with E-state index in [1.807, 2.05) is 13.8 Å². The number of hydrogen-bond donors (Lipinski definition) is 1. The molecule has 0 amide bonds. The summed E-state index contributed by atoms with van der Waals surface area (Å²) in [5.41, 5.74) is 6.98. The van der Waals surface area contributed by atoms with Crippen molar-refractivity contribution in [2.45, 2.75) is 26.4 Å². The van der Waals surface area contributed by atoms with Gasteiger partial charge in [0.2, 0.25) is 0 Å². The average molecular weight is 218 g/mol. The maximum Gasteiger partial charge on any atom is 0.162 e. The number of ether oxygens (including phenoxy) is 1. The number of ketones is 1. The van der Waals surface area contributed by atoms with Gasteiger partial charge in [0.05, 0.1) is 0 Å². The number of carbonyl (C=O) groups is 1. The van der Waals surface area contributed by atoms with Crippen LogP contribution in [0.15, 0.2) is 23.2 Å². The third-order valence-corrected chi connectivity index (χ3v) is 2.57. The molecule has 0 saturated carbocycles. The first kappa shape index (κ1) is 10.7. The molecule has 1 heterocycles. The Balaban J connectivity index is 2.42. The van der Waals surface area contributed by atoms with Gasteiger partial charge < -0.3 is 10.5 Å². The minimum Gasteiger partial charge on any atom is -0.481 e. The van der Waals surface area contributed by atoms with Crippen molar-refractivity contribution in [3.63, 3.8) is 0 Å². The number of nitrogens with two attached hydrogens (primary N) is 1. The SMILES string of the molecule is CCC(=O)c1ccc2c(c1)N=C(N)C(C)O2. The van der Waals surface area contributed by atoms with E-state index in [4.69, 9.17) is 10.5 Å². The molecule has 16 heavy (non-hydrogen) atoms. The predicted octanol–water partition coefficient (Wildman–Crippen LogP) is 2.05. The largest absolute Gasteiger partial charge is 0.481 e. The summed E-state index contributed by atoms with van der Waals surface area (Å²) in [6, 6.07) is 5.25. The molecule has 2 rings (SSSR count). The minimum absolute atomic E-state index is 0.0928. The molecule has 0 radical (unpaired) electrons. The van der Waals surface area contributed by atoms with E-state index < -0.39 is 0 Å². The zero-order chi connectivity index (χ0) is 11.7. The highest BCUT2D eigenvalue weighted by Crippen LogP contribution is 2.32. The molecule has 1 aliphatic rings. The molecule has 0 fully saturated rings. The quantitative estimate of drug-likeness (QED) is 0.772. The lowest BCUT2D eigenvalue weighted by atomic mass is 10.1. The number of carbonyl (C=O) groups excluding carboxylic acids is 1. The lowest BCUT2D eigenvalue weighted by molar-refractivity contribution is 0.0988. The van der Waals surface area contributed by atoms with Crippen LogP contribution < -0.4 is 10.5 Å². The second kappa shape index (κ2) is 3.96. The van der Waals surface area contributed by atoms with Gasteiger partial charge in [-0.05, 0) is 25.1 Å². The first-order valence-corrected chi connectivity index (χ1v) is 5.29. The van der Waals surface area contributed by atoms with E-state index in [2.05, 4.69) is 4.99 Å². The number of hydrogen-bond acceptors (Lipinski definition) is 4. The molecule has 4 heteroatoms. The smallest absolute Gasteiger partial charge is 0.162 e. The Kier molecular flexibility index (Phi) is 2.64. The van der Waals surface area contributed by atoms with Crippen LogP contribution in [0.5, 0.6) is 5.75 Å². The van der Waals surface area contributed by atoms with Crippen LogP contribution in [0.2, 0.25) is 0 Å². The second-order valence-electron chi connectivity index (χ2n) is 3.76. The van der Waals surface area contributed by atoms with Crippen LogP contribution in [0.1, 0.15) is 30.6 Å². The molecule has 0 saturated heterocycles. The number of nitrogens with zero attached hydrogens (tertiary/aromatic N) is 1. The zero-order valence-corrected chi connectivity index (χ0v) is 9.36. The summed E-state index contributed by atoms with van der Waals surface area (Å²) in [5.74, 6) is 1.21. The van der Waals surface area contributed by atoms with Crippen LogP contribution in [0.25, 0.3) is 0 Å². The Labute approximate surface area is 94.1 Å². The summed E-state index contributed by atoms with van der Waals surface area (Å²) in [4.78, 5) is 15.7. The highest BCUT2D eigenvalue weighted by molar-refractivity contribution is 5.98. The fourth-order valence-electron chi connectivity index (χ4n) is 1.56. The summed E-state index contributed by atoms with van der Waals surface area (Å²) in [7, 11) is 0. The van der Waals surface area contributed by atoms with Gasteiger partial charge in [0.1, 0.15) is 17.3 Å². The lowest BCUT2D eigenvalue weighted by Gasteiger charge is -2.21. The number of amidine groups is 1. The molecular weight excluding hydrogens is 204 g/mol. The number of rotatable bonds is 2. The molecule has 0 aliphatic carbocycles. The molecule has 1 unspecified atom stereocenters. The molecule has 2 N–H and O–H groups in total. The van der Waals surface area contributed by atoms with Crippen LogP contribution in [0, 0.1) is 0 Å². The highest BCUT2D eigenvalue weighted by atomic mass is 16.5. The van der Waals surface area contributed by atoms with Gasteiger partial charge in [0, 0.05) is 12.0 Å². The van der Waals surface area contributed by atoms with Crippen LogP contribution in [-0.2, 0) is 0 Å². The van der Waals surface area contributed by atoms with E-state index in [9.17, 15) is 4.79 Å². The Morgan fingerprint density at radius 2 is 2.31 bits per heavy atom. The first-order chi connectivity index (χ1) is 7.61. The van der Waals surface area contributed by atoms with Crippen molar-refractivity contribution in [1.82, 2.24) is 0 Å². The molecule has 4 nitrogen and oxygen atoms in total. The fraction of sp³-hybridized carbons (Fsp3) is 0.333. The van der Waals surface area contributed by atoms with Gasteiger partial charge in [-0.25, -0.2) is 4.99 Å². The molecule has 1 aliphatic heterocycles. The predicted molar refractivity (Wildman–Crippen MR) is 62.4 cm³/mol. The summed E-state index contributed by atoms with van der Waals surface area (Å²) in [5, 5.41) is 0. The van der Waals surface area contributed by atoms with Crippen LogP contribution >= 0.6 is 0 Å². The second-order valence-corrected chi connectivity index (χ2v) is 3.76. The van der Waals surface area contributed by atoms with Crippen LogP contribution in [0.3, 0.4) is 0 Å². The Morgan fingerprint density at radius 1 is 1.56 bits per heavy atom. The maximum absolute atomic E-state index is 11.5. The molecule has 1 aromatic rings. The molecule has 0 spiro atoms. The van der Waals surface area contributed by atoms with E-state index >= 15 is 0 Å². The molecule has 0 bridgehead atoms. The summed E-state index contributed by atoms with van der Waals surface area (Å²) < 4.78 is 5.55. The van der Waals surface area contributed by atoms with Gasteiger partial charge in [0.15, 0.2) is 11.9 Å². The Hall–Kier alpha value is -1.84. The van der Waals surface area contributed by atoms with Crippen molar-refractivity contribution < 1.29 is 9.53 Å². The zero-order valence-electron chi connectivity index (χ0n) is 9.36. The van der Waals surface area contributed by atoms with Crippen molar-refractivity contribution >= 4 is 17.3 Å². The van der Waals surface area contributed by atoms with E-state index in [1.165, 1.54) is 0 Å². The summed E-state index contributed by atoms with van der Waals surface area (Å²) >= 11 is 0. The standard InChI is InChI=1S/C12H14N2O2/c1-3-10(15)8-4-5-11-9(6-8)14-12(13)7(2)16-11/h4-7H,3H2,1-2H3,(H2,13,14). The van der Waals surface area contributed by atoms with Crippen molar-refractivity contribution in [1.29, 1.82) is 0 Å². The van der Waals surface area contributed by atoms with Crippen molar-refractivity contribution in [3.05, 3.63) is 23.8 Å². The van der Waals surface area contributed by atoms with Crippen LogP contribution in [0.4, 0.5) is 5.69 Å². The van der Waals surface area contributed by atoms with Gasteiger partial charge in [-0.15, -0.1) is 0 Å². The normalized spacial score (nSPS) is 18.4. The molecule has 1 aromatic carbocycles. The summed E-state index contributed by atoms with van der Waals surface area (Å²) in [6.07, 6.45) is 0.273. The van der Waals surface area contributed by atoms with E-state index in [1.54, 1.807) is 18.2 Å². The van der Waals surface area contributed by atoms with Gasteiger partial charge in [-0.3, -0.25) is 4.79 Å². The molecule has 1 atom stereocenters. The lowest BCUT2D eigenvalue weighted by Crippen LogP contribution is -2.33. The molecule has 84 valence electrons. The van der Waals surface area contributed by atoms with Gasteiger partial charge in [-0.2, -0.15) is 0 Å². The third kappa shape index (κ3) is 1.78. The van der Waals surface area contributed by atoms with Crippen molar-refractivity contribution in [3.8, 4) is 5.75 Å². The maximum atomic E-state index is 11.5. The van der Waals surface area contributed by atoms with Gasteiger partial charge in [0.25, 0.3) is 0 Å². The number of fused-ring (bicyclic) bond motifs is 1. The van der Waals surface area contributed by atoms with Gasteiger partial charge in [-0.1, -0.05) is 6.92 Å². The van der Waals surface area contributed by atoms with Crippen LogP contribution in [-0.4, -0.2) is 17.7 Å². The monoisotopic (exact) mass is 218 g/mol. The number of Topliss-reactive ketones (excluding diaryl/α,β-unsaturated/α-hetero) is 1. The van der Waals surface area contributed by atoms with E-state index in [-0.39, 0.29) is 11.9 Å². The molecule has 0 aromatic heterocycles. The summed E-state index contributed by atoms with van der Waals surface area (Å²) in [6.45, 7) is 3.67. The fourth-order valence-corrected chi connectivity index (χ4v) is 1.56. The highest BCUT2D eigenvalue weighted by Gasteiger charge is 2.19. The third-order valence-electron chi connectivity index (χ3n) is 2.57. The van der Waals surface area contributed by atoms with Crippen molar-refractivity contribution in [2.24, 2.45) is 10.7 Å². The average Bonchev–Trinajstić information content (AvgIpc) is 2.29.